The minimum Gasteiger partial charge on any atom is -0.475 e. The van der Waals surface area contributed by atoms with Gasteiger partial charge in [-0.05, 0) is 37.5 Å². The number of anilines is 1. The van der Waals surface area contributed by atoms with Crippen molar-refractivity contribution in [1.82, 2.24) is 29.7 Å². The van der Waals surface area contributed by atoms with Crippen LogP contribution in [0.4, 0.5) is 32.3 Å². The summed E-state index contributed by atoms with van der Waals surface area (Å²) in [6.07, 6.45) is -0.525. The Morgan fingerprint density at radius 1 is 0.805 bits per heavy atom. The second kappa shape index (κ2) is 12.3. The van der Waals surface area contributed by atoms with E-state index in [2.05, 4.69) is 30.0 Å². The Kier molecular flexibility index (Phi) is 9.24. The number of halogens is 6. The monoisotopic (exact) mass is 589 g/mol. The molecule has 2 aliphatic rings. The minimum absolute atomic E-state index is 0.0584. The van der Waals surface area contributed by atoms with Crippen molar-refractivity contribution in [3.05, 3.63) is 59.2 Å². The van der Waals surface area contributed by atoms with Gasteiger partial charge < -0.3 is 15.1 Å². The number of carboxylic acids is 2. The number of carbonyl (C=O) groups is 2. The summed E-state index contributed by atoms with van der Waals surface area (Å²) in [7, 11) is 0. The zero-order valence-electron chi connectivity index (χ0n) is 20.8. The van der Waals surface area contributed by atoms with E-state index in [-0.39, 0.29) is 11.0 Å². The van der Waals surface area contributed by atoms with Crippen LogP contribution in [0.15, 0.2) is 47.8 Å². The average molecular weight is 589 g/mol. The van der Waals surface area contributed by atoms with Crippen molar-refractivity contribution in [2.24, 2.45) is 0 Å². The summed E-state index contributed by atoms with van der Waals surface area (Å²) in [4.78, 5) is 45.7. The third-order valence-electron chi connectivity index (χ3n) is 6.23. The van der Waals surface area contributed by atoms with E-state index in [4.69, 9.17) is 19.8 Å². The predicted octanol–water partition coefficient (Wildman–Crippen LogP) is 2.70. The maximum Gasteiger partial charge on any atom is 0.490 e. The highest BCUT2D eigenvalue weighted by molar-refractivity contribution is 5.73. The fraction of sp³-hybridized carbons (Fsp3) is 0.391. The zero-order valence-corrected chi connectivity index (χ0v) is 20.8. The van der Waals surface area contributed by atoms with Crippen LogP contribution in [0, 0.1) is 0 Å². The lowest BCUT2D eigenvalue weighted by Crippen LogP contribution is -2.43. The molecule has 220 valence electrons. The molecule has 0 bridgehead atoms. The Labute approximate surface area is 226 Å². The molecule has 3 aromatic heterocycles. The van der Waals surface area contributed by atoms with Crippen molar-refractivity contribution >= 4 is 17.9 Å². The smallest absolute Gasteiger partial charge is 0.475 e. The van der Waals surface area contributed by atoms with Gasteiger partial charge in [-0.1, -0.05) is 0 Å². The normalized spacial score (nSPS) is 15.6. The number of alkyl halides is 6. The van der Waals surface area contributed by atoms with E-state index in [9.17, 15) is 31.1 Å². The van der Waals surface area contributed by atoms with E-state index < -0.39 is 24.3 Å². The molecule has 0 amide bonds. The van der Waals surface area contributed by atoms with Crippen molar-refractivity contribution in [2.75, 3.05) is 18.0 Å². The molecule has 0 atom stereocenters. The quantitative estimate of drug-likeness (QED) is 0.423. The molecule has 2 aliphatic heterocycles. The van der Waals surface area contributed by atoms with Gasteiger partial charge in [0.2, 0.25) is 5.95 Å². The molecule has 0 saturated carbocycles. The number of hydrogen-bond donors (Lipinski definition) is 2. The van der Waals surface area contributed by atoms with Crippen molar-refractivity contribution < 1.29 is 46.1 Å². The first-order valence-electron chi connectivity index (χ1n) is 11.7. The molecule has 12 nitrogen and oxygen atoms in total. The summed E-state index contributed by atoms with van der Waals surface area (Å²) in [6, 6.07) is 5.41. The molecule has 5 rings (SSSR count). The summed E-state index contributed by atoms with van der Waals surface area (Å²) in [5.74, 6) is -3.92. The summed E-state index contributed by atoms with van der Waals surface area (Å²) in [5, 5.41) is 23.1. The van der Waals surface area contributed by atoms with E-state index in [1.54, 1.807) is 36.9 Å². The number of fused-ring (bicyclic) bond motifs is 2. The number of nitrogens with zero attached hydrogens (tertiary/aromatic N) is 7. The van der Waals surface area contributed by atoms with Gasteiger partial charge in [-0.2, -0.15) is 26.3 Å². The van der Waals surface area contributed by atoms with Gasteiger partial charge in [-0.25, -0.2) is 19.6 Å². The van der Waals surface area contributed by atoms with Gasteiger partial charge in [0.15, 0.2) is 5.69 Å². The lowest BCUT2D eigenvalue weighted by atomic mass is 9.77. The topological polar surface area (TPSA) is 164 Å². The van der Waals surface area contributed by atoms with Crippen LogP contribution in [-0.4, -0.2) is 77.3 Å². The first-order chi connectivity index (χ1) is 19.2. The molecular formula is C23H21F6N7O5. The lowest BCUT2D eigenvalue weighted by molar-refractivity contribution is -0.193. The number of carboxylic acid groups (broad SMARTS) is 2. The van der Waals surface area contributed by atoms with Gasteiger partial charge in [0.1, 0.15) is 5.82 Å². The van der Waals surface area contributed by atoms with Gasteiger partial charge >= 0.3 is 24.3 Å². The molecule has 1 saturated heterocycles. The number of aliphatic carboxylic acids is 2. The van der Waals surface area contributed by atoms with Gasteiger partial charge in [-0.3, -0.25) is 14.3 Å². The van der Waals surface area contributed by atoms with E-state index in [1.165, 1.54) is 0 Å². The highest BCUT2D eigenvalue weighted by Gasteiger charge is 2.44. The van der Waals surface area contributed by atoms with E-state index >= 15 is 0 Å². The minimum atomic E-state index is -5.08. The van der Waals surface area contributed by atoms with Gasteiger partial charge in [-0.15, -0.1) is 10.2 Å². The van der Waals surface area contributed by atoms with Crippen LogP contribution in [0.25, 0.3) is 11.3 Å². The molecule has 0 aromatic carbocycles. The standard InChI is InChI=1S/C19H19N7O.2C2HF3O2/c27-16-15(14-2-9-20-10-3-14)23-24-17-19(6-13-26(16)17)4-11-25(12-5-19)18-21-7-1-8-22-18;2*3-2(4,5)1(6)7/h1-3,7-10H,4-6,11-13H2;2*(H,6,7). The molecule has 5 heterocycles. The molecule has 41 heavy (non-hydrogen) atoms. The second-order valence-corrected chi connectivity index (χ2v) is 8.74. The van der Waals surface area contributed by atoms with Crippen LogP contribution in [0.3, 0.4) is 0 Å². The van der Waals surface area contributed by atoms with Crippen molar-refractivity contribution in [3.63, 3.8) is 0 Å². The summed E-state index contributed by atoms with van der Waals surface area (Å²) in [6.45, 7) is 2.40. The molecule has 0 radical (unpaired) electrons. The SMILES string of the molecule is O=C(O)C(F)(F)F.O=C(O)C(F)(F)F.O=c1c(-c2ccncc2)nnc2n1CCC21CCN(c2ncccn2)CC1. The Morgan fingerprint density at radius 2 is 1.29 bits per heavy atom. The van der Waals surface area contributed by atoms with Crippen molar-refractivity contribution in [3.8, 4) is 11.3 Å². The number of aromatic nitrogens is 6. The fourth-order valence-corrected chi connectivity index (χ4v) is 4.21. The van der Waals surface area contributed by atoms with Crippen molar-refractivity contribution in [1.29, 1.82) is 0 Å². The van der Waals surface area contributed by atoms with Crippen LogP contribution in [0.2, 0.25) is 0 Å². The number of piperidine rings is 1. The molecule has 0 unspecified atom stereocenters. The number of pyridine rings is 1. The Bertz CT molecular complexity index is 1390. The Balaban J connectivity index is 0.000000276. The van der Waals surface area contributed by atoms with Crippen LogP contribution in [0.1, 0.15) is 25.1 Å². The predicted molar refractivity (Wildman–Crippen MR) is 127 cm³/mol. The molecule has 0 aliphatic carbocycles. The highest BCUT2D eigenvalue weighted by atomic mass is 19.4. The fourth-order valence-electron chi connectivity index (χ4n) is 4.21. The third-order valence-corrected chi connectivity index (χ3v) is 6.23. The number of hydrogen-bond acceptors (Lipinski definition) is 9. The maximum absolute atomic E-state index is 13.0. The van der Waals surface area contributed by atoms with Crippen LogP contribution < -0.4 is 10.5 Å². The zero-order chi connectivity index (χ0) is 30.4. The van der Waals surface area contributed by atoms with Crippen LogP contribution in [0.5, 0.6) is 0 Å². The van der Waals surface area contributed by atoms with Crippen LogP contribution in [-0.2, 0) is 21.5 Å². The molecule has 2 N–H and O–H groups in total. The van der Waals surface area contributed by atoms with Crippen molar-refractivity contribution in [2.45, 2.75) is 43.6 Å². The summed E-state index contributed by atoms with van der Waals surface area (Å²) >= 11 is 0. The Morgan fingerprint density at radius 3 is 1.78 bits per heavy atom. The molecule has 1 fully saturated rings. The largest absolute Gasteiger partial charge is 0.490 e. The maximum atomic E-state index is 13.0. The average Bonchev–Trinajstić information content (AvgIpc) is 3.28. The van der Waals surface area contributed by atoms with Crippen LogP contribution >= 0.6 is 0 Å². The summed E-state index contributed by atoms with van der Waals surface area (Å²) < 4.78 is 65.3. The molecular weight excluding hydrogens is 568 g/mol. The molecule has 3 aromatic rings. The summed E-state index contributed by atoms with van der Waals surface area (Å²) in [5.41, 5.74) is 1.02. The van der Waals surface area contributed by atoms with Gasteiger partial charge in [0.25, 0.3) is 5.56 Å². The number of rotatable bonds is 2. The lowest BCUT2D eigenvalue weighted by Gasteiger charge is -2.38. The second-order valence-electron chi connectivity index (χ2n) is 8.74. The van der Waals surface area contributed by atoms with Gasteiger partial charge in [0, 0.05) is 55.4 Å². The van der Waals surface area contributed by atoms with Gasteiger partial charge in [0.05, 0.1) is 0 Å². The van der Waals surface area contributed by atoms with E-state index in [1.807, 2.05) is 10.6 Å². The first-order valence-corrected chi connectivity index (χ1v) is 11.7. The molecule has 1 spiro atoms. The van der Waals surface area contributed by atoms with E-state index in [0.29, 0.717) is 12.2 Å². The third kappa shape index (κ3) is 7.52. The first kappa shape index (κ1) is 30.9. The van der Waals surface area contributed by atoms with E-state index in [0.717, 1.165) is 49.7 Å². The molecule has 18 heteroatoms. The Hall–Kier alpha value is -4.64. The highest BCUT2D eigenvalue weighted by Crippen LogP contribution is 2.42.